The van der Waals surface area contributed by atoms with Gasteiger partial charge in [-0.25, -0.2) is 8.78 Å². The van der Waals surface area contributed by atoms with Crippen molar-refractivity contribution in [2.24, 2.45) is 5.92 Å². The average molecular weight is 189 g/mol. The van der Waals surface area contributed by atoms with Crippen LogP contribution in [0.15, 0.2) is 12.7 Å². The Bertz CT molecular complexity index is 151. The fourth-order valence-corrected chi connectivity index (χ4v) is 1.81. The zero-order valence-electron chi connectivity index (χ0n) is 7.81. The van der Waals surface area contributed by atoms with E-state index in [1.54, 1.807) is 0 Å². The lowest BCUT2D eigenvalue weighted by molar-refractivity contribution is 0.136. The van der Waals surface area contributed by atoms with Crippen molar-refractivity contribution >= 4 is 0 Å². The first kappa shape index (κ1) is 10.6. The van der Waals surface area contributed by atoms with E-state index in [2.05, 4.69) is 11.9 Å². The van der Waals surface area contributed by atoms with Crippen molar-refractivity contribution in [1.29, 1.82) is 0 Å². The molecule has 1 fully saturated rings. The van der Waals surface area contributed by atoms with Gasteiger partial charge in [-0.15, -0.1) is 6.58 Å². The molecule has 0 heterocycles. The summed E-state index contributed by atoms with van der Waals surface area (Å²) in [5, 5.41) is 2.88. The topological polar surface area (TPSA) is 12.0 Å². The van der Waals surface area contributed by atoms with Crippen molar-refractivity contribution in [3.05, 3.63) is 12.7 Å². The van der Waals surface area contributed by atoms with Crippen LogP contribution in [0.5, 0.6) is 0 Å². The molecule has 0 amide bonds. The highest BCUT2D eigenvalue weighted by molar-refractivity contribution is 4.86. The SMILES string of the molecule is C=CC1CCC(NCC(F)F)CC1. The summed E-state index contributed by atoms with van der Waals surface area (Å²) in [6.45, 7) is 3.58. The quantitative estimate of drug-likeness (QED) is 0.670. The molecule has 0 aromatic heterocycles. The highest BCUT2D eigenvalue weighted by atomic mass is 19.3. The van der Waals surface area contributed by atoms with Crippen LogP contribution in [-0.4, -0.2) is 19.0 Å². The number of nitrogens with one attached hydrogen (secondary N) is 1. The van der Waals surface area contributed by atoms with Crippen molar-refractivity contribution in [3.8, 4) is 0 Å². The summed E-state index contributed by atoms with van der Waals surface area (Å²) in [5.41, 5.74) is 0. The first-order chi connectivity index (χ1) is 6.22. The minimum absolute atomic E-state index is 0.163. The minimum atomic E-state index is -2.22. The van der Waals surface area contributed by atoms with Gasteiger partial charge in [-0.2, -0.15) is 0 Å². The van der Waals surface area contributed by atoms with Crippen LogP contribution in [0.25, 0.3) is 0 Å². The summed E-state index contributed by atoms with van der Waals surface area (Å²) in [5.74, 6) is 0.601. The van der Waals surface area contributed by atoms with Crippen LogP contribution < -0.4 is 5.32 Å². The van der Waals surface area contributed by atoms with Gasteiger partial charge in [0.05, 0.1) is 6.54 Å². The molecule has 3 heteroatoms. The molecule has 0 aliphatic heterocycles. The van der Waals surface area contributed by atoms with Crippen molar-refractivity contribution in [2.45, 2.75) is 38.2 Å². The number of halogens is 2. The molecule has 1 N–H and O–H groups in total. The van der Waals surface area contributed by atoms with Crippen LogP contribution >= 0.6 is 0 Å². The lowest BCUT2D eigenvalue weighted by Gasteiger charge is -2.27. The van der Waals surface area contributed by atoms with Gasteiger partial charge in [0.2, 0.25) is 0 Å². The summed E-state index contributed by atoms with van der Waals surface area (Å²) < 4.78 is 23.7. The number of hydrogen-bond donors (Lipinski definition) is 1. The molecule has 76 valence electrons. The Morgan fingerprint density at radius 3 is 2.38 bits per heavy atom. The summed E-state index contributed by atoms with van der Waals surface area (Å²) >= 11 is 0. The Balaban J connectivity index is 2.14. The van der Waals surface area contributed by atoms with Gasteiger partial charge in [-0.3, -0.25) is 0 Å². The number of hydrogen-bond acceptors (Lipinski definition) is 1. The van der Waals surface area contributed by atoms with Crippen LogP contribution in [-0.2, 0) is 0 Å². The van der Waals surface area contributed by atoms with Crippen LogP contribution in [0.4, 0.5) is 8.78 Å². The largest absolute Gasteiger partial charge is 0.309 e. The van der Waals surface area contributed by atoms with Crippen molar-refractivity contribution in [1.82, 2.24) is 5.32 Å². The molecular weight excluding hydrogens is 172 g/mol. The maximum absolute atomic E-state index is 11.9. The molecule has 0 radical (unpaired) electrons. The van der Waals surface area contributed by atoms with Gasteiger partial charge >= 0.3 is 0 Å². The van der Waals surface area contributed by atoms with E-state index in [9.17, 15) is 8.78 Å². The summed E-state index contributed by atoms with van der Waals surface area (Å²) in [6, 6.07) is 0.296. The van der Waals surface area contributed by atoms with Gasteiger partial charge in [-0.05, 0) is 31.6 Å². The van der Waals surface area contributed by atoms with E-state index in [4.69, 9.17) is 0 Å². The van der Waals surface area contributed by atoms with Gasteiger partial charge in [0.15, 0.2) is 0 Å². The zero-order valence-corrected chi connectivity index (χ0v) is 7.81. The Morgan fingerprint density at radius 1 is 1.31 bits per heavy atom. The number of allylic oxidation sites excluding steroid dienone is 1. The highest BCUT2D eigenvalue weighted by Gasteiger charge is 2.19. The molecule has 1 aliphatic rings. The average Bonchev–Trinajstić information content (AvgIpc) is 2.15. The van der Waals surface area contributed by atoms with Gasteiger partial charge < -0.3 is 5.32 Å². The van der Waals surface area contributed by atoms with Crippen molar-refractivity contribution in [2.75, 3.05) is 6.54 Å². The smallest absolute Gasteiger partial charge is 0.250 e. The lowest BCUT2D eigenvalue weighted by Crippen LogP contribution is -2.35. The second kappa shape index (κ2) is 5.32. The normalized spacial score (nSPS) is 29.2. The standard InChI is InChI=1S/C10H17F2N/c1-2-8-3-5-9(6-4-8)13-7-10(11)12/h2,8-10,13H,1,3-7H2. The third kappa shape index (κ3) is 3.85. The Hall–Kier alpha value is -0.440. The predicted molar refractivity (Wildman–Crippen MR) is 49.9 cm³/mol. The molecule has 1 nitrogen and oxygen atoms in total. The van der Waals surface area contributed by atoms with Crippen LogP contribution in [0.3, 0.4) is 0 Å². The first-order valence-corrected chi connectivity index (χ1v) is 4.86. The fourth-order valence-electron chi connectivity index (χ4n) is 1.81. The summed E-state index contributed by atoms with van der Waals surface area (Å²) in [6.07, 6.45) is 3.93. The molecule has 1 rings (SSSR count). The minimum Gasteiger partial charge on any atom is -0.309 e. The molecule has 0 unspecified atom stereocenters. The fraction of sp³-hybridized carbons (Fsp3) is 0.800. The van der Waals surface area contributed by atoms with E-state index >= 15 is 0 Å². The van der Waals surface area contributed by atoms with Crippen molar-refractivity contribution < 1.29 is 8.78 Å². The van der Waals surface area contributed by atoms with E-state index in [-0.39, 0.29) is 6.54 Å². The van der Waals surface area contributed by atoms with Crippen LogP contribution in [0.2, 0.25) is 0 Å². The molecule has 0 saturated heterocycles. The Kier molecular flexibility index (Phi) is 4.36. The van der Waals surface area contributed by atoms with Crippen LogP contribution in [0, 0.1) is 5.92 Å². The molecule has 1 saturated carbocycles. The first-order valence-electron chi connectivity index (χ1n) is 4.86. The molecular formula is C10H17F2N. The predicted octanol–water partition coefficient (Wildman–Crippen LogP) is 2.59. The molecule has 0 aromatic carbocycles. The highest BCUT2D eigenvalue weighted by Crippen LogP contribution is 2.24. The van der Waals surface area contributed by atoms with Gasteiger partial charge in [0, 0.05) is 6.04 Å². The second-order valence-corrected chi connectivity index (χ2v) is 3.65. The molecule has 13 heavy (non-hydrogen) atoms. The van der Waals surface area contributed by atoms with E-state index < -0.39 is 6.43 Å². The van der Waals surface area contributed by atoms with Gasteiger partial charge in [0.1, 0.15) is 0 Å². The van der Waals surface area contributed by atoms with Crippen LogP contribution in [0.1, 0.15) is 25.7 Å². The summed E-state index contributed by atoms with van der Waals surface area (Å²) in [7, 11) is 0. The van der Waals surface area contributed by atoms with E-state index in [1.165, 1.54) is 0 Å². The zero-order chi connectivity index (χ0) is 9.68. The monoisotopic (exact) mass is 189 g/mol. The Labute approximate surface area is 78.2 Å². The molecule has 0 spiro atoms. The Morgan fingerprint density at radius 2 is 1.92 bits per heavy atom. The molecule has 0 atom stereocenters. The number of rotatable bonds is 4. The molecule has 1 aliphatic carbocycles. The third-order valence-electron chi connectivity index (χ3n) is 2.67. The molecule has 0 bridgehead atoms. The van der Waals surface area contributed by atoms with E-state index in [0.717, 1.165) is 25.7 Å². The maximum Gasteiger partial charge on any atom is 0.250 e. The van der Waals surface area contributed by atoms with Gasteiger partial charge in [0.25, 0.3) is 6.43 Å². The van der Waals surface area contributed by atoms with Gasteiger partial charge in [-0.1, -0.05) is 6.08 Å². The second-order valence-electron chi connectivity index (χ2n) is 3.65. The van der Waals surface area contributed by atoms with E-state index in [1.807, 2.05) is 6.08 Å². The number of alkyl halides is 2. The summed E-state index contributed by atoms with van der Waals surface area (Å²) in [4.78, 5) is 0. The molecule has 0 aromatic rings. The van der Waals surface area contributed by atoms with Crippen molar-refractivity contribution in [3.63, 3.8) is 0 Å². The van der Waals surface area contributed by atoms with E-state index in [0.29, 0.717) is 12.0 Å². The lowest BCUT2D eigenvalue weighted by atomic mass is 9.86. The third-order valence-corrected chi connectivity index (χ3v) is 2.67. The maximum atomic E-state index is 11.9.